The Balaban J connectivity index is 2.32. The summed E-state index contributed by atoms with van der Waals surface area (Å²) in [5.74, 6) is 1.56. The van der Waals surface area contributed by atoms with Gasteiger partial charge in [0.2, 0.25) is 0 Å². The Labute approximate surface area is 94.5 Å². The molecule has 0 fully saturated rings. The average molecular weight is 219 g/mol. The summed E-state index contributed by atoms with van der Waals surface area (Å²) in [5.41, 5.74) is 7.71. The third kappa shape index (κ3) is 2.17. The highest BCUT2D eigenvalue weighted by molar-refractivity contribution is 5.76. The Hall–Kier alpha value is -1.55. The van der Waals surface area contributed by atoms with Crippen molar-refractivity contribution in [2.24, 2.45) is 11.7 Å². The molecule has 0 amide bonds. The lowest BCUT2D eigenvalue weighted by molar-refractivity contribution is 0.476. The Morgan fingerprint density at radius 3 is 2.88 bits per heavy atom. The van der Waals surface area contributed by atoms with Crippen LogP contribution in [0.15, 0.2) is 18.2 Å². The lowest BCUT2D eigenvalue weighted by Crippen LogP contribution is -2.14. The Kier molecular flexibility index (Phi) is 2.83. The third-order valence-electron chi connectivity index (χ3n) is 2.56. The quantitative estimate of drug-likeness (QED) is 0.741. The molecule has 0 saturated heterocycles. The second kappa shape index (κ2) is 4.14. The number of nitrogens with zero attached hydrogens (tertiary/aromatic N) is 1. The summed E-state index contributed by atoms with van der Waals surface area (Å²) in [5, 5.41) is 9.34. The van der Waals surface area contributed by atoms with E-state index in [0.717, 1.165) is 23.3 Å². The zero-order chi connectivity index (χ0) is 11.7. The molecule has 0 bridgehead atoms. The van der Waals surface area contributed by atoms with Crippen molar-refractivity contribution >= 4 is 11.0 Å². The molecule has 0 aliphatic rings. The number of hydrogen-bond acceptors (Lipinski definition) is 3. The van der Waals surface area contributed by atoms with Crippen LogP contribution in [0.4, 0.5) is 0 Å². The summed E-state index contributed by atoms with van der Waals surface area (Å²) in [6.45, 7) is 4.27. The lowest BCUT2D eigenvalue weighted by atomic mass is 10.0. The number of hydrogen-bond donors (Lipinski definition) is 3. The smallest absolute Gasteiger partial charge is 0.124 e. The van der Waals surface area contributed by atoms with Gasteiger partial charge in [0.1, 0.15) is 11.6 Å². The van der Waals surface area contributed by atoms with Gasteiger partial charge >= 0.3 is 0 Å². The van der Waals surface area contributed by atoms with Crippen molar-refractivity contribution in [3.63, 3.8) is 0 Å². The standard InChI is InChI=1S/C12H17N3O/c1-7(2)5-9(13)12-14-10-4-3-8(16)6-11(10)15-12/h3-4,6-7,9,16H,5,13H2,1-2H3,(H,14,15)/t9-/m1/s1. The van der Waals surface area contributed by atoms with Crippen molar-refractivity contribution in [1.82, 2.24) is 9.97 Å². The highest BCUT2D eigenvalue weighted by Crippen LogP contribution is 2.22. The van der Waals surface area contributed by atoms with Crippen molar-refractivity contribution in [3.05, 3.63) is 24.0 Å². The van der Waals surface area contributed by atoms with Crippen molar-refractivity contribution in [2.75, 3.05) is 0 Å². The molecule has 0 saturated carbocycles. The fourth-order valence-corrected chi connectivity index (χ4v) is 1.81. The largest absolute Gasteiger partial charge is 0.508 e. The number of aromatic amines is 1. The topological polar surface area (TPSA) is 74.9 Å². The van der Waals surface area contributed by atoms with E-state index in [1.807, 2.05) is 0 Å². The van der Waals surface area contributed by atoms with Crippen LogP contribution >= 0.6 is 0 Å². The summed E-state index contributed by atoms with van der Waals surface area (Å²) >= 11 is 0. The maximum absolute atomic E-state index is 9.34. The van der Waals surface area contributed by atoms with Gasteiger partial charge in [-0.1, -0.05) is 13.8 Å². The van der Waals surface area contributed by atoms with Gasteiger partial charge < -0.3 is 15.8 Å². The predicted octanol–water partition coefficient (Wildman–Crippen LogP) is 2.31. The molecule has 1 heterocycles. The van der Waals surface area contributed by atoms with Crippen molar-refractivity contribution in [2.45, 2.75) is 26.3 Å². The van der Waals surface area contributed by atoms with Gasteiger partial charge in [-0.2, -0.15) is 0 Å². The summed E-state index contributed by atoms with van der Waals surface area (Å²) in [6.07, 6.45) is 0.895. The second-order valence-electron chi connectivity index (χ2n) is 4.56. The van der Waals surface area contributed by atoms with Crippen molar-refractivity contribution < 1.29 is 5.11 Å². The van der Waals surface area contributed by atoms with Gasteiger partial charge in [0.15, 0.2) is 0 Å². The number of H-pyrrole nitrogens is 1. The predicted molar refractivity (Wildman–Crippen MR) is 64.1 cm³/mol. The second-order valence-corrected chi connectivity index (χ2v) is 4.56. The monoisotopic (exact) mass is 219 g/mol. The van der Waals surface area contributed by atoms with Crippen molar-refractivity contribution in [1.29, 1.82) is 0 Å². The summed E-state index contributed by atoms with van der Waals surface area (Å²) in [4.78, 5) is 7.56. The van der Waals surface area contributed by atoms with Crippen LogP contribution in [0.5, 0.6) is 5.75 Å². The molecule has 1 atom stereocenters. The molecule has 86 valence electrons. The van der Waals surface area contributed by atoms with Gasteiger partial charge in [-0.05, 0) is 24.5 Å². The molecule has 4 heteroatoms. The molecule has 2 rings (SSSR count). The number of rotatable bonds is 3. The van der Waals surface area contributed by atoms with Crippen LogP contribution in [0.25, 0.3) is 11.0 Å². The number of fused-ring (bicyclic) bond motifs is 1. The van der Waals surface area contributed by atoms with Crippen LogP contribution in [-0.2, 0) is 0 Å². The first-order chi connectivity index (χ1) is 7.56. The highest BCUT2D eigenvalue weighted by atomic mass is 16.3. The minimum absolute atomic E-state index is 0.0745. The van der Waals surface area contributed by atoms with Crippen LogP contribution < -0.4 is 5.73 Å². The van der Waals surface area contributed by atoms with Gasteiger partial charge in [-0.3, -0.25) is 0 Å². The number of aromatic nitrogens is 2. The molecule has 4 nitrogen and oxygen atoms in total. The van der Waals surface area contributed by atoms with E-state index in [0.29, 0.717) is 5.92 Å². The molecule has 0 unspecified atom stereocenters. The normalized spacial score (nSPS) is 13.5. The number of phenolic OH excluding ortho intramolecular Hbond substituents is 1. The van der Waals surface area contributed by atoms with Gasteiger partial charge in [-0.25, -0.2) is 4.98 Å². The van der Waals surface area contributed by atoms with Crippen LogP contribution in [0.2, 0.25) is 0 Å². The number of nitrogens with two attached hydrogens (primary N) is 1. The van der Waals surface area contributed by atoms with Crippen LogP contribution in [-0.4, -0.2) is 15.1 Å². The van der Waals surface area contributed by atoms with Crippen LogP contribution in [0.1, 0.15) is 32.1 Å². The first-order valence-electron chi connectivity index (χ1n) is 5.50. The van der Waals surface area contributed by atoms with Gasteiger partial charge in [0.05, 0.1) is 17.1 Å². The molecule has 1 aromatic heterocycles. The van der Waals surface area contributed by atoms with Crippen molar-refractivity contribution in [3.8, 4) is 5.75 Å². The van der Waals surface area contributed by atoms with Crippen LogP contribution in [0, 0.1) is 5.92 Å². The minimum atomic E-state index is -0.0745. The fraction of sp³-hybridized carbons (Fsp3) is 0.417. The minimum Gasteiger partial charge on any atom is -0.508 e. The van der Waals surface area contributed by atoms with E-state index >= 15 is 0 Å². The maximum atomic E-state index is 9.34. The highest BCUT2D eigenvalue weighted by Gasteiger charge is 2.12. The number of phenols is 1. The zero-order valence-corrected chi connectivity index (χ0v) is 9.57. The average Bonchev–Trinajstić information content (AvgIpc) is 2.59. The number of benzene rings is 1. The molecule has 0 aliphatic heterocycles. The first kappa shape index (κ1) is 11.0. The zero-order valence-electron chi connectivity index (χ0n) is 9.57. The molecule has 0 spiro atoms. The molecule has 1 aromatic carbocycles. The van der Waals surface area contributed by atoms with E-state index in [4.69, 9.17) is 5.73 Å². The van der Waals surface area contributed by atoms with E-state index in [1.54, 1.807) is 18.2 Å². The number of imidazole rings is 1. The molecule has 0 radical (unpaired) electrons. The molecule has 16 heavy (non-hydrogen) atoms. The molecule has 4 N–H and O–H groups in total. The van der Waals surface area contributed by atoms with E-state index in [-0.39, 0.29) is 11.8 Å². The SMILES string of the molecule is CC(C)C[C@@H](N)c1nc2ccc(O)cc2[nH]1. The molecule has 0 aliphatic carbocycles. The first-order valence-corrected chi connectivity index (χ1v) is 5.50. The Morgan fingerprint density at radius 2 is 2.19 bits per heavy atom. The van der Waals surface area contributed by atoms with Gasteiger partial charge in [0, 0.05) is 6.07 Å². The number of nitrogens with one attached hydrogen (secondary N) is 1. The van der Waals surface area contributed by atoms with Gasteiger partial charge in [0.25, 0.3) is 0 Å². The number of aromatic hydroxyl groups is 1. The molecule has 2 aromatic rings. The van der Waals surface area contributed by atoms with E-state index < -0.39 is 0 Å². The molecular weight excluding hydrogens is 202 g/mol. The van der Waals surface area contributed by atoms with E-state index in [2.05, 4.69) is 23.8 Å². The Morgan fingerprint density at radius 1 is 1.44 bits per heavy atom. The third-order valence-corrected chi connectivity index (χ3v) is 2.56. The lowest BCUT2D eigenvalue weighted by Gasteiger charge is -2.10. The molecular formula is C12H17N3O. The van der Waals surface area contributed by atoms with Crippen LogP contribution in [0.3, 0.4) is 0 Å². The summed E-state index contributed by atoms with van der Waals surface area (Å²) in [7, 11) is 0. The Bertz CT molecular complexity index is 490. The summed E-state index contributed by atoms with van der Waals surface area (Å²) < 4.78 is 0. The maximum Gasteiger partial charge on any atom is 0.124 e. The fourth-order valence-electron chi connectivity index (χ4n) is 1.81. The summed E-state index contributed by atoms with van der Waals surface area (Å²) in [6, 6.07) is 5.00. The van der Waals surface area contributed by atoms with Gasteiger partial charge in [-0.15, -0.1) is 0 Å². The van der Waals surface area contributed by atoms with E-state index in [9.17, 15) is 5.11 Å². The van der Waals surface area contributed by atoms with E-state index in [1.165, 1.54) is 0 Å².